The number of nitrogens with zero attached hydrogens (tertiary/aromatic N) is 3. The summed E-state index contributed by atoms with van der Waals surface area (Å²) in [6.45, 7) is 11.0. The minimum absolute atomic E-state index is 0.170. The molecule has 6 heteroatoms. The third-order valence-corrected chi connectivity index (χ3v) is 3.25. The van der Waals surface area contributed by atoms with E-state index in [4.69, 9.17) is 0 Å². The normalized spacial score (nSPS) is 10.3. The maximum absolute atomic E-state index is 11.9. The second-order valence-electron chi connectivity index (χ2n) is 4.89. The summed E-state index contributed by atoms with van der Waals surface area (Å²) in [7, 11) is 0. The maximum atomic E-state index is 11.9. The highest BCUT2D eigenvalue weighted by Gasteiger charge is 2.09. The molecule has 0 atom stereocenters. The predicted molar refractivity (Wildman–Crippen MR) is 86.6 cm³/mol. The molecule has 1 heterocycles. The smallest absolute Gasteiger partial charge is 0.224 e. The second-order valence-corrected chi connectivity index (χ2v) is 4.89. The first-order valence-electron chi connectivity index (χ1n) is 7.71. The summed E-state index contributed by atoms with van der Waals surface area (Å²) in [6, 6.07) is 0. The predicted octanol–water partition coefficient (Wildman–Crippen LogP) is 2.28. The van der Waals surface area contributed by atoms with Crippen LogP contribution in [-0.4, -0.2) is 47.0 Å². The fourth-order valence-electron chi connectivity index (χ4n) is 1.97. The van der Waals surface area contributed by atoms with E-state index in [1.807, 2.05) is 25.7 Å². The van der Waals surface area contributed by atoms with Gasteiger partial charge in [0, 0.05) is 44.4 Å². The zero-order valence-corrected chi connectivity index (χ0v) is 13.6. The lowest BCUT2D eigenvalue weighted by Crippen LogP contribution is -2.31. The zero-order chi connectivity index (χ0) is 15.7. The number of hydrogen-bond donors (Lipinski definition) is 2. The van der Waals surface area contributed by atoms with Crippen LogP contribution in [0.15, 0.2) is 6.20 Å². The van der Waals surface area contributed by atoms with Crippen molar-refractivity contribution in [2.75, 3.05) is 36.8 Å². The van der Waals surface area contributed by atoms with Crippen LogP contribution in [0, 0.1) is 6.92 Å². The summed E-state index contributed by atoms with van der Waals surface area (Å²) in [5, 5.41) is 6.39. The van der Waals surface area contributed by atoms with Gasteiger partial charge >= 0.3 is 0 Å². The highest BCUT2D eigenvalue weighted by atomic mass is 16.2. The van der Waals surface area contributed by atoms with Crippen LogP contribution in [0.3, 0.4) is 0 Å². The van der Waals surface area contributed by atoms with Crippen LogP contribution in [-0.2, 0) is 4.79 Å². The van der Waals surface area contributed by atoms with E-state index in [9.17, 15) is 4.79 Å². The third-order valence-electron chi connectivity index (χ3n) is 3.25. The molecule has 0 fully saturated rings. The molecule has 0 aliphatic heterocycles. The summed E-state index contributed by atoms with van der Waals surface area (Å²) in [5.41, 5.74) is 0.979. The Bertz CT molecular complexity index is 446. The topological polar surface area (TPSA) is 70.2 Å². The van der Waals surface area contributed by atoms with Gasteiger partial charge in [0.1, 0.15) is 5.82 Å². The van der Waals surface area contributed by atoms with Crippen molar-refractivity contribution >= 4 is 17.7 Å². The Morgan fingerprint density at radius 3 is 2.52 bits per heavy atom. The number of aromatic nitrogens is 2. The molecular weight excluding hydrogens is 266 g/mol. The number of aryl methyl sites for hydroxylation is 1. The standard InChI is InChI=1S/C15H27N5O/c1-5-9-17-15-18-11-12(4)14(19-15)16-10-8-13(21)20(6-2)7-3/h11H,5-10H2,1-4H3,(H2,16,17,18,19). The Morgan fingerprint density at radius 2 is 1.90 bits per heavy atom. The minimum Gasteiger partial charge on any atom is -0.369 e. The van der Waals surface area contributed by atoms with Crippen LogP contribution in [0.2, 0.25) is 0 Å². The maximum Gasteiger partial charge on any atom is 0.224 e. The van der Waals surface area contributed by atoms with Crippen molar-refractivity contribution in [3.8, 4) is 0 Å². The lowest BCUT2D eigenvalue weighted by atomic mass is 10.3. The van der Waals surface area contributed by atoms with Gasteiger partial charge in [-0.25, -0.2) is 4.98 Å². The number of anilines is 2. The molecule has 1 aromatic heterocycles. The van der Waals surface area contributed by atoms with Gasteiger partial charge in [0.15, 0.2) is 0 Å². The van der Waals surface area contributed by atoms with E-state index in [0.717, 1.165) is 37.4 Å². The van der Waals surface area contributed by atoms with Gasteiger partial charge in [-0.1, -0.05) is 6.92 Å². The van der Waals surface area contributed by atoms with Crippen LogP contribution in [0.25, 0.3) is 0 Å². The molecule has 0 aliphatic carbocycles. The summed E-state index contributed by atoms with van der Waals surface area (Å²) < 4.78 is 0. The number of amides is 1. The van der Waals surface area contributed by atoms with Crippen LogP contribution >= 0.6 is 0 Å². The molecule has 6 nitrogen and oxygen atoms in total. The average Bonchev–Trinajstić information content (AvgIpc) is 2.49. The molecule has 0 unspecified atom stereocenters. The van der Waals surface area contributed by atoms with E-state index < -0.39 is 0 Å². The first kappa shape index (κ1) is 17.2. The number of rotatable bonds is 9. The molecule has 118 valence electrons. The fraction of sp³-hybridized carbons (Fsp3) is 0.667. The average molecular weight is 293 g/mol. The van der Waals surface area contributed by atoms with Crippen LogP contribution in [0.4, 0.5) is 11.8 Å². The van der Waals surface area contributed by atoms with E-state index in [1.165, 1.54) is 0 Å². The highest BCUT2D eigenvalue weighted by molar-refractivity contribution is 5.76. The van der Waals surface area contributed by atoms with Crippen molar-refractivity contribution in [2.24, 2.45) is 0 Å². The van der Waals surface area contributed by atoms with Crippen LogP contribution in [0.1, 0.15) is 39.2 Å². The van der Waals surface area contributed by atoms with E-state index in [2.05, 4.69) is 27.5 Å². The molecule has 1 rings (SSSR count). The van der Waals surface area contributed by atoms with Crippen LogP contribution in [0.5, 0.6) is 0 Å². The van der Waals surface area contributed by atoms with Crippen molar-refractivity contribution in [1.82, 2.24) is 14.9 Å². The van der Waals surface area contributed by atoms with Gasteiger partial charge < -0.3 is 15.5 Å². The molecule has 0 aromatic carbocycles. The molecule has 0 aliphatic rings. The molecule has 0 saturated carbocycles. The highest BCUT2D eigenvalue weighted by Crippen LogP contribution is 2.12. The van der Waals surface area contributed by atoms with Crippen molar-refractivity contribution < 1.29 is 4.79 Å². The van der Waals surface area contributed by atoms with Gasteiger partial charge in [-0.15, -0.1) is 0 Å². The summed E-state index contributed by atoms with van der Waals surface area (Å²) in [5.74, 6) is 1.58. The molecule has 21 heavy (non-hydrogen) atoms. The fourth-order valence-corrected chi connectivity index (χ4v) is 1.97. The van der Waals surface area contributed by atoms with Crippen molar-refractivity contribution in [3.63, 3.8) is 0 Å². The Morgan fingerprint density at radius 1 is 1.19 bits per heavy atom. The Hall–Kier alpha value is -1.85. The van der Waals surface area contributed by atoms with E-state index in [-0.39, 0.29) is 5.91 Å². The number of carbonyl (C=O) groups is 1. The van der Waals surface area contributed by atoms with Crippen molar-refractivity contribution in [1.29, 1.82) is 0 Å². The monoisotopic (exact) mass is 293 g/mol. The quantitative estimate of drug-likeness (QED) is 0.731. The van der Waals surface area contributed by atoms with Gasteiger partial charge in [0.2, 0.25) is 11.9 Å². The van der Waals surface area contributed by atoms with Gasteiger partial charge in [-0.05, 0) is 27.2 Å². The van der Waals surface area contributed by atoms with E-state index >= 15 is 0 Å². The third kappa shape index (κ3) is 5.57. The number of carbonyl (C=O) groups excluding carboxylic acids is 1. The number of hydrogen-bond acceptors (Lipinski definition) is 5. The second kappa shape index (κ2) is 9.15. The SMILES string of the molecule is CCCNc1ncc(C)c(NCCC(=O)N(CC)CC)n1. The van der Waals surface area contributed by atoms with Gasteiger partial charge in [-0.3, -0.25) is 4.79 Å². The van der Waals surface area contributed by atoms with E-state index in [0.29, 0.717) is 18.9 Å². The molecule has 1 amide bonds. The van der Waals surface area contributed by atoms with Crippen LogP contribution < -0.4 is 10.6 Å². The molecule has 0 saturated heterocycles. The minimum atomic E-state index is 0.170. The molecule has 1 aromatic rings. The first-order valence-corrected chi connectivity index (χ1v) is 7.71. The van der Waals surface area contributed by atoms with Gasteiger partial charge in [-0.2, -0.15) is 4.98 Å². The first-order chi connectivity index (χ1) is 10.1. The van der Waals surface area contributed by atoms with Gasteiger partial charge in [0.05, 0.1) is 0 Å². The molecule has 0 spiro atoms. The molecule has 2 N–H and O–H groups in total. The Kier molecular flexibility index (Phi) is 7.50. The summed E-state index contributed by atoms with van der Waals surface area (Å²) in [6.07, 6.45) is 3.29. The van der Waals surface area contributed by atoms with Crippen molar-refractivity contribution in [2.45, 2.75) is 40.5 Å². The zero-order valence-electron chi connectivity index (χ0n) is 13.6. The lowest BCUT2D eigenvalue weighted by Gasteiger charge is -2.18. The summed E-state index contributed by atoms with van der Waals surface area (Å²) >= 11 is 0. The largest absolute Gasteiger partial charge is 0.369 e. The summed E-state index contributed by atoms with van der Waals surface area (Å²) in [4.78, 5) is 22.4. The molecular formula is C15H27N5O. The van der Waals surface area contributed by atoms with Crippen molar-refractivity contribution in [3.05, 3.63) is 11.8 Å². The Balaban J connectivity index is 2.52. The Labute approximate surface area is 127 Å². The molecule has 0 bridgehead atoms. The number of nitrogens with one attached hydrogen (secondary N) is 2. The lowest BCUT2D eigenvalue weighted by molar-refractivity contribution is -0.130. The van der Waals surface area contributed by atoms with E-state index in [1.54, 1.807) is 6.20 Å². The molecule has 0 radical (unpaired) electrons. The van der Waals surface area contributed by atoms with Gasteiger partial charge in [0.25, 0.3) is 0 Å².